The molecule has 0 radical (unpaired) electrons. The molecule has 27 heavy (non-hydrogen) atoms. The fraction of sp³-hybridized carbons (Fsp3) is 0.250. The Morgan fingerprint density at radius 1 is 1.22 bits per heavy atom. The lowest BCUT2D eigenvalue weighted by Gasteiger charge is -2.05. The number of carbonyl (C=O) groups excluding carboxylic acids is 1. The van der Waals surface area contributed by atoms with Crippen molar-refractivity contribution in [3.8, 4) is 11.3 Å². The van der Waals surface area contributed by atoms with Crippen LogP contribution in [-0.4, -0.2) is 22.4 Å². The van der Waals surface area contributed by atoms with E-state index in [1.165, 1.54) is 12.5 Å². The van der Waals surface area contributed by atoms with Gasteiger partial charge in [-0.15, -0.1) is 0 Å². The molecule has 0 saturated heterocycles. The minimum absolute atomic E-state index is 0.217. The molecule has 0 aliphatic carbocycles. The second-order valence-electron chi connectivity index (χ2n) is 5.41. The minimum atomic E-state index is -0.364. The van der Waals surface area contributed by atoms with E-state index in [9.17, 15) is 9.18 Å². The smallest absolute Gasteiger partial charge is 0.273 e. The highest BCUT2D eigenvalue weighted by molar-refractivity contribution is 6.30. The molecule has 0 atom stereocenters. The molecule has 2 aromatic heterocycles. The zero-order valence-electron chi connectivity index (χ0n) is 15.2. The van der Waals surface area contributed by atoms with Crippen molar-refractivity contribution < 1.29 is 13.6 Å². The number of aromatic nitrogens is 2. The first-order valence-electron chi connectivity index (χ1n) is 8.70. The Balaban J connectivity index is 0.00000126. The molecule has 7 heteroatoms. The molecule has 2 heterocycles. The van der Waals surface area contributed by atoms with Crippen LogP contribution in [0.25, 0.3) is 11.3 Å². The SMILES string of the molecule is CC.O=C(NCCCc1cncc(F)c1)c1ncoc1-c1ccc(Cl)cc1. The van der Waals surface area contributed by atoms with Crippen LogP contribution in [0, 0.1) is 5.82 Å². The molecular weight excluding hydrogens is 369 g/mol. The van der Waals surface area contributed by atoms with E-state index in [-0.39, 0.29) is 17.4 Å². The van der Waals surface area contributed by atoms with Crippen LogP contribution in [0.5, 0.6) is 0 Å². The monoisotopic (exact) mass is 389 g/mol. The molecule has 0 bridgehead atoms. The Kier molecular flexibility index (Phi) is 7.95. The van der Waals surface area contributed by atoms with E-state index in [0.29, 0.717) is 30.2 Å². The molecule has 0 fully saturated rings. The van der Waals surface area contributed by atoms with E-state index in [2.05, 4.69) is 15.3 Å². The van der Waals surface area contributed by atoms with Gasteiger partial charge in [0.15, 0.2) is 17.8 Å². The first-order chi connectivity index (χ1) is 13.1. The van der Waals surface area contributed by atoms with E-state index in [0.717, 1.165) is 17.3 Å². The number of nitrogens with one attached hydrogen (secondary N) is 1. The molecular formula is C20H21ClFN3O2. The van der Waals surface area contributed by atoms with E-state index < -0.39 is 0 Å². The molecule has 0 aliphatic rings. The molecule has 1 amide bonds. The highest BCUT2D eigenvalue weighted by Gasteiger charge is 2.17. The summed E-state index contributed by atoms with van der Waals surface area (Å²) in [6.07, 6.45) is 5.28. The molecule has 0 unspecified atom stereocenters. The molecule has 0 saturated carbocycles. The third-order valence-corrected chi connectivity index (χ3v) is 3.83. The van der Waals surface area contributed by atoms with Gasteiger partial charge in [0.1, 0.15) is 5.82 Å². The highest BCUT2D eigenvalue weighted by atomic mass is 35.5. The van der Waals surface area contributed by atoms with Gasteiger partial charge in [-0.2, -0.15) is 0 Å². The van der Waals surface area contributed by atoms with Gasteiger partial charge < -0.3 is 9.73 Å². The van der Waals surface area contributed by atoms with E-state index in [1.54, 1.807) is 30.5 Å². The average Bonchev–Trinajstić information content (AvgIpc) is 3.17. The van der Waals surface area contributed by atoms with Crippen LogP contribution in [0.4, 0.5) is 4.39 Å². The van der Waals surface area contributed by atoms with Gasteiger partial charge in [0.25, 0.3) is 5.91 Å². The predicted molar refractivity (Wildman–Crippen MR) is 103 cm³/mol. The number of carbonyl (C=O) groups is 1. The maximum absolute atomic E-state index is 13.1. The number of halogens is 2. The zero-order chi connectivity index (χ0) is 19.6. The number of amides is 1. The summed E-state index contributed by atoms with van der Waals surface area (Å²) in [5.41, 5.74) is 1.73. The Hall–Kier alpha value is -2.73. The van der Waals surface area contributed by atoms with Crippen LogP contribution >= 0.6 is 11.6 Å². The van der Waals surface area contributed by atoms with Crippen molar-refractivity contribution in [2.45, 2.75) is 26.7 Å². The summed E-state index contributed by atoms with van der Waals surface area (Å²) in [5, 5.41) is 3.39. The van der Waals surface area contributed by atoms with Gasteiger partial charge in [0, 0.05) is 23.3 Å². The maximum Gasteiger partial charge on any atom is 0.273 e. The van der Waals surface area contributed by atoms with Gasteiger partial charge in [0.2, 0.25) is 0 Å². The first kappa shape index (κ1) is 20.6. The molecule has 3 rings (SSSR count). The number of hydrogen-bond donors (Lipinski definition) is 1. The number of nitrogens with zero attached hydrogens (tertiary/aromatic N) is 2. The van der Waals surface area contributed by atoms with Gasteiger partial charge in [-0.25, -0.2) is 9.37 Å². The van der Waals surface area contributed by atoms with Crippen LogP contribution in [0.1, 0.15) is 36.3 Å². The van der Waals surface area contributed by atoms with Gasteiger partial charge in [-0.3, -0.25) is 9.78 Å². The van der Waals surface area contributed by atoms with Gasteiger partial charge in [0.05, 0.1) is 6.20 Å². The van der Waals surface area contributed by atoms with Crippen molar-refractivity contribution in [2.24, 2.45) is 0 Å². The molecule has 5 nitrogen and oxygen atoms in total. The summed E-state index contributed by atoms with van der Waals surface area (Å²) in [7, 11) is 0. The van der Waals surface area contributed by atoms with Gasteiger partial charge in [-0.05, 0) is 48.7 Å². The molecule has 1 N–H and O–H groups in total. The highest BCUT2D eigenvalue weighted by Crippen LogP contribution is 2.24. The van der Waals surface area contributed by atoms with E-state index >= 15 is 0 Å². The summed E-state index contributed by atoms with van der Waals surface area (Å²) < 4.78 is 18.4. The van der Waals surface area contributed by atoms with Crippen molar-refractivity contribution in [1.29, 1.82) is 0 Å². The Bertz CT molecular complexity index is 866. The number of hydrogen-bond acceptors (Lipinski definition) is 4. The van der Waals surface area contributed by atoms with Gasteiger partial charge >= 0.3 is 0 Å². The van der Waals surface area contributed by atoms with Crippen LogP contribution in [0.3, 0.4) is 0 Å². The lowest BCUT2D eigenvalue weighted by molar-refractivity contribution is 0.0949. The van der Waals surface area contributed by atoms with Crippen molar-refractivity contribution in [3.05, 3.63) is 71.2 Å². The number of rotatable bonds is 6. The number of benzene rings is 1. The quantitative estimate of drug-likeness (QED) is 0.607. The molecule has 0 spiro atoms. The standard InChI is InChI=1S/C18H15ClFN3O2.C2H6/c19-14-5-3-13(4-6-14)17-16(23-11-25-17)18(24)22-7-1-2-12-8-15(20)10-21-9-12;1-2/h3-6,8-11H,1-2,7H2,(H,22,24);1-2H3. The zero-order valence-corrected chi connectivity index (χ0v) is 16.0. The Morgan fingerprint density at radius 3 is 2.67 bits per heavy atom. The Morgan fingerprint density at radius 2 is 1.96 bits per heavy atom. The second-order valence-corrected chi connectivity index (χ2v) is 5.84. The minimum Gasteiger partial charge on any atom is -0.443 e. The van der Waals surface area contributed by atoms with Crippen molar-refractivity contribution in [2.75, 3.05) is 6.54 Å². The third-order valence-electron chi connectivity index (χ3n) is 3.58. The largest absolute Gasteiger partial charge is 0.443 e. The van der Waals surface area contributed by atoms with Crippen molar-refractivity contribution >= 4 is 17.5 Å². The number of oxazole rings is 1. The van der Waals surface area contributed by atoms with Crippen LogP contribution < -0.4 is 5.32 Å². The van der Waals surface area contributed by atoms with Crippen LogP contribution in [-0.2, 0) is 6.42 Å². The van der Waals surface area contributed by atoms with Crippen molar-refractivity contribution in [3.63, 3.8) is 0 Å². The predicted octanol–water partition coefficient (Wildman–Crippen LogP) is 4.92. The van der Waals surface area contributed by atoms with E-state index in [1.807, 2.05) is 13.8 Å². The van der Waals surface area contributed by atoms with Gasteiger partial charge in [-0.1, -0.05) is 25.4 Å². The number of aryl methyl sites for hydroxylation is 1. The fourth-order valence-corrected chi connectivity index (χ4v) is 2.51. The van der Waals surface area contributed by atoms with Crippen LogP contribution in [0.2, 0.25) is 5.02 Å². The average molecular weight is 390 g/mol. The third kappa shape index (κ3) is 5.89. The second kappa shape index (κ2) is 10.4. The molecule has 1 aromatic carbocycles. The van der Waals surface area contributed by atoms with E-state index in [4.69, 9.17) is 16.0 Å². The molecule has 3 aromatic rings. The summed E-state index contributed by atoms with van der Waals surface area (Å²) in [6, 6.07) is 8.39. The normalized spacial score (nSPS) is 10.1. The molecule has 0 aliphatic heterocycles. The summed E-state index contributed by atoms with van der Waals surface area (Å²) >= 11 is 5.87. The van der Waals surface area contributed by atoms with Crippen molar-refractivity contribution in [1.82, 2.24) is 15.3 Å². The summed E-state index contributed by atoms with van der Waals surface area (Å²) in [4.78, 5) is 20.1. The Labute approximate surface area is 162 Å². The summed E-state index contributed by atoms with van der Waals surface area (Å²) in [6.45, 7) is 4.43. The lowest BCUT2D eigenvalue weighted by Crippen LogP contribution is -2.25. The molecule has 142 valence electrons. The lowest BCUT2D eigenvalue weighted by atomic mass is 10.1. The first-order valence-corrected chi connectivity index (χ1v) is 9.08. The topological polar surface area (TPSA) is 68.0 Å². The number of pyridine rings is 1. The fourth-order valence-electron chi connectivity index (χ4n) is 2.38. The summed E-state index contributed by atoms with van der Waals surface area (Å²) in [5.74, 6) is -0.295. The maximum atomic E-state index is 13.1. The van der Waals surface area contributed by atoms with Crippen LogP contribution in [0.15, 0.2) is 53.5 Å².